The van der Waals surface area contributed by atoms with Gasteiger partial charge in [-0.15, -0.1) is 0 Å². The van der Waals surface area contributed by atoms with Crippen molar-refractivity contribution in [1.29, 1.82) is 0 Å². The maximum Gasteiger partial charge on any atom is 0.243 e. The molecule has 1 unspecified atom stereocenters. The van der Waals surface area contributed by atoms with Gasteiger partial charge < -0.3 is 15.6 Å². The topological polar surface area (TPSA) is 99.5 Å². The molecule has 1 fully saturated rings. The van der Waals surface area contributed by atoms with Gasteiger partial charge in [-0.05, 0) is 37.1 Å². The normalized spacial score (nSPS) is 16.7. The number of nitrogens with one attached hydrogen (secondary N) is 1. The second kappa shape index (κ2) is 8.22. The number of aryl methyl sites for hydroxylation is 1. The maximum atomic E-state index is 12.8. The van der Waals surface area contributed by atoms with Crippen LogP contribution in [0.15, 0.2) is 59.6 Å². The number of H-pyrrole nitrogens is 1. The van der Waals surface area contributed by atoms with E-state index in [2.05, 4.69) is 4.98 Å². The van der Waals surface area contributed by atoms with Gasteiger partial charge in [-0.25, -0.2) is 8.42 Å². The maximum absolute atomic E-state index is 12.8. The first-order valence-corrected chi connectivity index (χ1v) is 11.5. The highest BCUT2D eigenvalue weighted by molar-refractivity contribution is 7.89. The molecule has 1 aliphatic rings. The summed E-state index contributed by atoms with van der Waals surface area (Å²) >= 11 is 0. The summed E-state index contributed by atoms with van der Waals surface area (Å²) in [5.74, 6) is -0.146. The van der Waals surface area contributed by atoms with E-state index >= 15 is 0 Å². The highest BCUT2D eigenvalue weighted by Gasteiger charge is 2.31. The molecule has 158 valence electrons. The van der Waals surface area contributed by atoms with Crippen LogP contribution in [0.3, 0.4) is 0 Å². The van der Waals surface area contributed by atoms with Crippen molar-refractivity contribution in [2.24, 2.45) is 5.73 Å². The zero-order valence-electron chi connectivity index (χ0n) is 16.9. The minimum atomic E-state index is -3.55. The zero-order valence-corrected chi connectivity index (χ0v) is 17.7. The van der Waals surface area contributed by atoms with Crippen molar-refractivity contribution >= 4 is 26.8 Å². The summed E-state index contributed by atoms with van der Waals surface area (Å²) in [6.45, 7) is 3.13. The van der Waals surface area contributed by atoms with Crippen molar-refractivity contribution < 1.29 is 13.2 Å². The van der Waals surface area contributed by atoms with E-state index in [-0.39, 0.29) is 23.9 Å². The number of sulfonamides is 1. The summed E-state index contributed by atoms with van der Waals surface area (Å²) < 4.78 is 27.1. The number of piperazine rings is 1. The summed E-state index contributed by atoms with van der Waals surface area (Å²) in [6.07, 6.45) is 2.33. The van der Waals surface area contributed by atoms with Crippen LogP contribution in [0.5, 0.6) is 0 Å². The van der Waals surface area contributed by atoms with Crippen LogP contribution in [0.1, 0.15) is 11.1 Å². The van der Waals surface area contributed by atoms with Crippen LogP contribution in [0.2, 0.25) is 0 Å². The second-order valence-corrected chi connectivity index (χ2v) is 9.65. The highest BCUT2D eigenvalue weighted by Crippen LogP contribution is 2.21. The molecular weight excluding hydrogens is 400 g/mol. The number of rotatable bonds is 5. The number of hydrogen-bond acceptors (Lipinski definition) is 4. The van der Waals surface area contributed by atoms with Crippen molar-refractivity contribution in [2.45, 2.75) is 24.3 Å². The molecule has 7 nitrogen and oxygen atoms in total. The lowest BCUT2D eigenvalue weighted by atomic mass is 10.0. The molecule has 0 saturated carbocycles. The number of aromatic nitrogens is 1. The minimum Gasteiger partial charge on any atom is -0.361 e. The van der Waals surface area contributed by atoms with Crippen LogP contribution >= 0.6 is 0 Å². The number of carbonyl (C=O) groups excluding carboxylic acids is 1. The molecule has 1 amide bonds. The van der Waals surface area contributed by atoms with Gasteiger partial charge in [-0.2, -0.15) is 4.31 Å². The Morgan fingerprint density at radius 3 is 2.43 bits per heavy atom. The number of hydrogen-bond donors (Lipinski definition) is 2. The standard InChI is InChI=1S/C22H26N4O3S/c1-16-6-8-18(9-7-16)30(28,29)26-12-10-25(11-13-26)22(27)20(23)14-17-15-24-21-5-3-2-4-19(17)21/h2-9,15,20,24H,10-14,23H2,1H3. The van der Waals surface area contributed by atoms with E-state index in [9.17, 15) is 13.2 Å². The molecule has 3 N–H and O–H groups in total. The number of benzene rings is 2. The summed E-state index contributed by atoms with van der Waals surface area (Å²) in [5, 5.41) is 1.06. The monoisotopic (exact) mass is 426 g/mol. The molecule has 4 rings (SSSR count). The first-order valence-electron chi connectivity index (χ1n) is 10.0. The third-order valence-corrected chi connectivity index (χ3v) is 7.55. The van der Waals surface area contributed by atoms with E-state index in [4.69, 9.17) is 5.73 Å². The third-order valence-electron chi connectivity index (χ3n) is 5.64. The Morgan fingerprint density at radius 1 is 1.07 bits per heavy atom. The molecule has 0 bridgehead atoms. The molecule has 1 aromatic heterocycles. The van der Waals surface area contributed by atoms with E-state index in [0.717, 1.165) is 22.0 Å². The molecule has 1 atom stereocenters. The van der Waals surface area contributed by atoms with Gasteiger partial charge in [0, 0.05) is 43.3 Å². The van der Waals surface area contributed by atoms with Crippen molar-refractivity contribution in [2.75, 3.05) is 26.2 Å². The number of aromatic amines is 1. The lowest BCUT2D eigenvalue weighted by Gasteiger charge is -2.35. The fourth-order valence-corrected chi connectivity index (χ4v) is 5.29. The van der Waals surface area contributed by atoms with Gasteiger partial charge in [0.2, 0.25) is 15.9 Å². The molecule has 0 radical (unpaired) electrons. The fourth-order valence-electron chi connectivity index (χ4n) is 3.87. The summed E-state index contributed by atoms with van der Waals surface area (Å²) in [5.41, 5.74) is 9.25. The van der Waals surface area contributed by atoms with Gasteiger partial charge >= 0.3 is 0 Å². The fraction of sp³-hybridized carbons (Fsp3) is 0.318. The molecule has 0 spiro atoms. The molecule has 1 aliphatic heterocycles. The lowest BCUT2D eigenvalue weighted by Crippen LogP contribution is -2.54. The lowest BCUT2D eigenvalue weighted by molar-refractivity contribution is -0.133. The van der Waals surface area contributed by atoms with Crippen molar-refractivity contribution in [3.05, 3.63) is 65.9 Å². The number of para-hydroxylation sites is 1. The number of nitrogens with two attached hydrogens (primary N) is 1. The van der Waals surface area contributed by atoms with Crippen molar-refractivity contribution in [1.82, 2.24) is 14.2 Å². The zero-order chi connectivity index (χ0) is 21.3. The van der Waals surface area contributed by atoms with Crippen molar-refractivity contribution in [3.8, 4) is 0 Å². The molecular formula is C22H26N4O3S. The number of nitrogens with zero attached hydrogens (tertiary/aromatic N) is 2. The average molecular weight is 427 g/mol. The molecule has 2 heterocycles. The summed E-state index contributed by atoms with van der Waals surface area (Å²) in [6, 6.07) is 14.1. The van der Waals surface area contributed by atoms with Crippen LogP contribution in [0, 0.1) is 6.92 Å². The van der Waals surface area contributed by atoms with E-state index in [0.29, 0.717) is 19.5 Å². The van der Waals surface area contributed by atoms with Crippen molar-refractivity contribution in [3.63, 3.8) is 0 Å². The van der Waals surface area contributed by atoms with Gasteiger partial charge in [0.25, 0.3) is 0 Å². The van der Waals surface area contributed by atoms with Crippen LogP contribution in [-0.4, -0.2) is 60.7 Å². The molecule has 0 aliphatic carbocycles. The molecule has 3 aromatic rings. The first-order chi connectivity index (χ1) is 14.4. The quantitative estimate of drug-likeness (QED) is 0.651. The van der Waals surface area contributed by atoms with Gasteiger partial charge in [0.15, 0.2) is 0 Å². The number of carbonyl (C=O) groups is 1. The van der Waals surface area contributed by atoms with Gasteiger partial charge in [-0.1, -0.05) is 35.9 Å². The van der Waals surface area contributed by atoms with Crippen LogP contribution < -0.4 is 5.73 Å². The Kier molecular flexibility index (Phi) is 5.64. The van der Waals surface area contributed by atoms with Gasteiger partial charge in [0.05, 0.1) is 10.9 Å². The predicted molar refractivity (Wildman–Crippen MR) is 116 cm³/mol. The largest absolute Gasteiger partial charge is 0.361 e. The van der Waals surface area contributed by atoms with Crippen LogP contribution in [0.4, 0.5) is 0 Å². The minimum absolute atomic E-state index is 0.146. The Hall–Kier alpha value is -2.68. The van der Waals surface area contributed by atoms with Crippen LogP contribution in [0.25, 0.3) is 10.9 Å². The summed E-state index contributed by atoms with van der Waals surface area (Å²) in [7, 11) is -3.55. The Bertz CT molecular complexity index is 1150. The van der Waals surface area contributed by atoms with E-state index < -0.39 is 16.1 Å². The van der Waals surface area contributed by atoms with E-state index in [1.165, 1.54) is 4.31 Å². The SMILES string of the molecule is Cc1ccc(S(=O)(=O)N2CCN(C(=O)C(N)Cc3c[nH]c4ccccc34)CC2)cc1. The highest BCUT2D eigenvalue weighted by atomic mass is 32.2. The second-order valence-electron chi connectivity index (χ2n) is 7.71. The van der Waals surface area contributed by atoms with Gasteiger partial charge in [-0.3, -0.25) is 4.79 Å². The Morgan fingerprint density at radius 2 is 1.73 bits per heavy atom. The Balaban J connectivity index is 1.38. The molecule has 8 heteroatoms. The number of fused-ring (bicyclic) bond motifs is 1. The number of amides is 1. The summed E-state index contributed by atoms with van der Waals surface area (Å²) in [4.78, 5) is 18.0. The van der Waals surface area contributed by atoms with E-state index in [1.54, 1.807) is 29.2 Å². The molecule has 1 saturated heterocycles. The van der Waals surface area contributed by atoms with Crippen LogP contribution in [-0.2, 0) is 21.2 Å². The third kappa shape index (κ3) is 3.98. The average Bonchev–Trinajstić information content (AvgIpc) is 3.16. The predicted octanol–water partition coefficient (Wildman–Crippen LogP) is 1.88. The van der Waals surface area contributed by atoms with E-state index in [1.807, 2.05) is 37.4 Å². The smallest absolute Gasteiger partial charge is 0.243 e. The van der Waals surface area contributed by atoms with Gasteiger partial charge in [0.1, 0.15) is 0 Å². The molecule has 2 aromatic carbocycles. The first kappa shape index (κ1) is 20.6. The molecule has 30 heavy (non-hydrogen) atoms. The Labute approximate surface area is 176 Å².